The van der Waals surface area contributed by atoms with Crippen molar-refractivity contribution in [3.8, 4) is 0 Å². The van der Waals surface area contributed by atoms with Crippen molar-refractivity contribution in [3.05, 3.63) is 71.9 Å². The molecule has 0 radical (unpaired) electrons. The zero-order valence-corrected chi connectivity index (χ0v) is 28.5. The number of hydrogen-bond acceptors (Lipinski definition) is 11. The van der Waals surface area contributed by atoms with Crippen LogP contribution in [0.4, 0.5) is 19.4 Å². The van der Waals surface area contributed by atoms with Gasteiger partial charge in [-0.15, -0.1) is 0 Å². The van der Waals surface area contributed by atoms with Gasteiger partial charge < -0.3 is 9.26 Å². The smallest absolute Gasteiger partial charge is 0.447 e. The molecular formula is C30H40F2N4O9P2. The number of phosphoric acid groups is 1. The molecule has 3 rings (SSSR count). The van der Waals surface area contributed by atoms with Gasteiger partial charge in [0.1, 0.15) is 12.4 Å². The van der Waals surface area contributed by atoms with Crippen LogP contribution in [0.5, 0.6) is 0 Å². The summed E-state index contributed by atoms with van der Waals surface area (Å²) in [6, 6.07) is 11.6. The molecule has 258 valence electrons. The highest BCUT2D eigenvalue weighted by atomic mass is 31.2. The summed E-state index contributed by atoms with van der Waals surface area (Å²) in [4.78, 5) is 30.0. The Morgan fingerprint density at radius 2 is 1.72 bits per heavy atom. The molecule has 0 aliphatic rings. The van der Waals surface area contributed by atoms with Crippen LogP contribution in [0.15, 0.2) is 54.7 Å². The number of rotatable bonds is 19. The first kappa shape index (κ1) is 38.2. The molecule has 0 fully saturated rings. The minimum atomic E-state index is -4.16. The number of carbonyl (C=O) groups is 2. The number of phosphoric ester groups is 1. The van der Waals surface area contributed by atoms with E-state index in [9.17, 15) is 27.5 Å². The van der Waals surface area contributed by atoms with Gasteiger partial charge in [0.15, 0.2) is 19.7 Å². The zero-order valence-electron chi connectivity index (χ0n) is 26.6. The SMILES string of the molecule is CCO[PH](=O)C[C@@H](C[C@@H](COC(=O)Nc1cc2ccccc2cn1)N(NCc1cccc(F)c1F)C(C)=O)OP(=O)(OCC)OCC. The fraction of sp³-hybridized carbons (Fsp3) is 0.433. The molecule has 0 saturated carbocycles. The molecular weight excluding hydrogens is 660 g/mol. The van der Waals surface area contributed by atoms with Crippen molar-refractivity contribution in [1.29, 1.82) is 0 Å². The van der Waals surface area contributed by atoms with Gasteiger partial charge in [-0.1, -0.05) is 36.4 Å². The fourth-order valence-corrected chi connectivity index (χ4v) is 7.09. The lowest BCUT2D eigenvalue weighted by Crippen LogP contribution is -2.52. The van der Waals surface area contributed by atoms with Crippen molar-refractivity contribution in [2.75, 3.05) is 37.9 Å². The van der Waals surface area contributed by atoms with Crippen LogP contribution < -0.4 is 10.7 Å². The quantitative estimate of drug-likeness (QED) is 0.105. The van der Waals surface area contributed by atoms with Crippen LogP contribution >= 0.6 is 15.9 Å². The Balaban J connectivity index is 1.88. The van der Waals surface area contributed by atoms with E-state index in [1.54, 1.807) is 33.0 Å². The van der Waals surface area contributed by atoms with Gasteiger partial charge in [0.05, 0.1) is 32.0 Å². The van der Waals surface area contributed by atoms with E-state index in [1.165, 1.54) is 19.1 Å². The second kappa shape index (κ2) is 18.9. The van der Waals surface area contributed by atoms with Crippen molar-refractivity contribution >= 4 is 44.4 Å². The molecule has 17 heteroatoms. The standard InChI is InChI=1S/C30H40F2N4O9P2/c1-5-42-46(39)20-26(45-47(40,43-6-2)44-7-3)16-25(36(21(4)37)34-18-24-13-10-14-27(31)29(24)32)19-41-30(38)35-28-15-22-11-8-9-12-23(22)17-33-28/h8-15,17,25-26,34,46H,5-7,16,18-20H2,1-4H3,(H,33,35,38)/t25-,26+/m0/s1. The van der Waals surface area contributed by atoms with Crippen LogP contribution in [0.25, 0.3) is 10.8 Å². The third-order valence-corrected chi connectivity index (χ3v) is 9.64. The minimum absolute atomic E-state index is 0.0273. The van der Waals surface area contributed by atoms with Crippen molar-refractivity contribution in [3.63, 3.8) is 0 Å². The molecule has 2 N–H and O–H groups in total. The molecule has 1 heterocycles. The van der Waals surface area contributed by atoms with E-state index in [0.29, 0.717) is 0 Å². The van der Waals surface area contributed by atoms with Gasteiger partial charge >= 0.3 is 13.9 Å². The maximum Gasteiger partial charge on any atom is 0.475 e. The number of nitrogens with zero attached hydrogens (tertiary/aromatic N) is 2. The summed E-state index contributed by atoms with van der Waals surface area (Å²) >= 11 is 0. The number of ether oxygens (including phenoxy) is 1. The Morgan fingerprint density at radius 1 is 1.02 bits per heavy atom. The number of amides is 2. The molecule has 0 aliphatic heterocycles. The van der Waals surface area contributed by atoms with Gasteiger partial charge in [0.2, 0.25) is 5.91 Å². The van der Waals surface area contributed by atoms with E-state index >= 15 is 0 Å². The molecule has 3 aromatic rings. The number of aromatic nitrogens is 1. The molecule has 2 amide bonds. The van der Waals surface area contributed by atoms with Crippen LogP contribution in [0, 0.1) is 11.6 Å². The van der Waals surface area contributed by atoms with Gasteiger partial charge in [-0.2, -0.15) is 0 Å². The average molecular weight is 701 g/mol. The summed E-state index contributed by atoms with van der Waals surface area (Å²) in [6.45, 7) is 5.29. The lowest BCUT2D eigenvalue weighted by Gasteiger charge is -2.34. The lowest BCUT2D eigenvalue weighted by molar-refractivity contribution is -0.137. The number of hydrogen-bond donors (Lipinski definition) is 2. The summed E-state index contributed by atoms with van der Waals surface area (Å²) < 4.78 is 81.3. The molecule has 0 bridgehead atoms. The van der Waals surface area contributed by atoms with E-state index < -0.39 is 58.2 Å². The van der Waals surface area contributed by atoms with Gasteiger partial charge in [0.25, 0.3) is 0 Å². The number of hydrazine groups is 1. The van der Waals surface area contributed by atoms with E-state index in [1.807, 2.05) is 24.3 Å². The second-order valence-corrected chi connectivity index (χ2v) is 13.0. The summed E-state index contributed by atoms with van der Waals surface area (Å²) in [5, 5.41) is 5.27. The molecule has 13 nitrogen and oxygen atoms in total. The highest BCUT2D eigenvalue weighted by molar-refractivity contribution is 7.48. The van der Waals surface area contributed by atoms with Crippen molar-refractivity contribution in [2.45, 2.75) is 52.8 Å². The highest BCUT2D eigenvalue weighted by Gasteiger charge is 2.35. The third kappa shape index (κ3) is 12.0. The topological polar surface area (TPSA) is 155 Å². The van der Waals surface area contributed by atoms with Crippen LogP contribution in [0.1, 0.15) is 39.7 Å². The Kier molecular flexibility index (Phi) is 15.3. The van der Waals surface area contributed by atoms with E-state index in [2.05, 4.69) is 15.7 Å². The second-order valence-electron chi connectivity index (χ2n) is 9.99. The van der Waals surface area contributed by atoms with Gasteiger partial charge in [0, 0.05) is 43.2 Å². The van der Waals surface area contributed by atoms with E-state index in [-0.39, 0.29) is 50.3 Å². The lowest BCUT2D eigenvalue weighted by atomic mass is 10.1. The number of carbonyl (C=O) groups excluding carboxylic acids is 2. The van der Waals surface area contributed by atoms with Crippen LogP contribution in [-0.4, -0.2) is 66.7 Å². The first-order valence-electron chi connectivity index (χ1n) is 15.0. The minimum Gasteiger partial charge on any atom is -0.447 e. The Morgan fingerprint density at radius 3 is 2.38 bits per heavy atom. The first-order valence-corrected chi connectivity index (χ1v) is 17.9. The predicted octanol–water partition coefficient (Wildman–Crippen LogP) is 6.45. The molecule has 0 spiro atoms. The molecule has 2 aromatic carbocycles. The molecule has 47 heavy (non-hydrogen) atoms. The van der Waals surface area contributed by atoms with Crippen molar-refractivity contribution in [2.24, 2.45) is 0 Å². The molecule has 1 unspecified atom stereocenters. The maximum absolute atomic E-state index is 14.4. The van der Waals surface area contributed by atoms with Crippen LogP contribution in [-0.2, 0) is 43.3 Å². The highest BCUT2D eigenvalue weighted by Crippen LogP contribution is 2.51. The number of benzene rings is 2. The summed E-state index contributed by atoms with van der Waals surface area (Å²) in [5.74, 6) is -2.57. The molecule has 1 aromatic heterocycles. The largest absolute Gasteiger partial charge is 0.475 e. The summed E-state index contributed by atoms with van der Waals surface area (Å²) in [6.07, 6.45) is -0.972. The van der Waals surface area contributed by atoms with Crippen molar-refractivity contribution < 1.29 is 50.3 Å². The third-order valence-electron chi connectivity index (χ3n) is 6.53. The molecule has 0 aliphatic carbocycles. The van der Waals surface area contributed by atoms with Crippen molar-refractivity contribution in [1.82, 2.24) is 15.4 Å². The number of fused-ring (bicyclic) bond motifs is 1. The number of halogens is 2. The van der Waals surface area contributed by atoms with Gasteiger partial charge in [-0.25, -0.2) is 28.6 Å². The first-order chi connectivity index (χ1) is 22.5. The van der Waals surface area contributed by atoms with E-state index in [4.69, 9.17) is 22.8 Å². The number of anilines is 1. The Hall–Kier alpha value is -3.29. The number of nitrogens with one attached hydrogen (secondary N) is 2. The van der Waals surface area contributed by atoms with E-state index in [0.717, 1.165) is 21.8 Å². The monoisotopic (exact) mass is 700 g/mol. The zero-order chi connectivity index (χ0) is 34.4. The Bertz CT molecular complexity index is 1560. The fourth-order valence-electron chi connectivity index (χ4n) is 4.54. The summed E-state index contributed by atoms with van der Waals surface area (Å²) in [7, 11) is -6.90. The normalized spacial score (nSPS) is 13.6. The van der Waals surface area contributed by atoms with Gasteiger partial charge in [-0.3, -0.25) is 33.3 Å². The predicted molar refractivity (Wildman–Crippen MR) is 172 cm³/mol. The Labute approximate surface area is 272 Å². The number of pyridine rings is 1. The average Bonchev–Trinajstić information content (AvgIpc) is 3.01. The molecule has 0 saturated heterocycles. The maximum atomic E-state index is 14.4. The summed E-state index contributed by atoms with van der Waals surface area (Å²) in [5.41, 5.74) is 2.68. The van der Waals surface area contributed by atoms with Crippen LogP contribution in [0.3, 0.4) is 0 Å². The molecule has 3 atom stereocenters. The van der Waals surface area contributed by atoms with Gasteiger partial charge in [-0.05, 0) is 38.3 Å². The van der Waals surface area contributed by atoms with Crippen LogP contribution in [0.2, 0.25) is 0 Å².